The Balaban J connectivity index is 1.28. The van der Waals surface area contributed by atoms with E-state index in [0.717, 1.165) is 22.1 Å². The normalized spacial score (nSPS) is 13.2. The molecular formula is C33H20N4O. The van der Waals surface area contributed by atoms with Gasteiger partial charge in [0.15, 0.2) is 11.3 Å². The molecule has 0 aliphatic heterocycles. The van der Waals surface area contributed by atoms with Gasteiger partial charge in [0.25, 0.3) is 0 Å². The number of hydrogen-bond donors (Lipinski definition) is 0. The van der Waals surface area contributed by atoms with E-state index in [-0.39, 0.29) is 16.9 Å². The van der Waals surface area contributed by atoms with Gasteiger partial charge in [-0.2, -0.15) is 10.5 Å². The zero-order chi connectivity index (χ0) is 26.0. The largest absolute Gasteiger partial charge is 0.451 e. The minimum Gasteiger partial charge on any atom is -0.451 e. The highest BCUT2D eigenvalue weighted by atomic mass is 16.3. The molecule has 2 heterocycles. The molecule has 0 N–H and O–H groups in total. The molecule has 0 saturated carbocycles. The number of rotatable bonds is 2. The van der Waals surface area contributed by atoms with Crippen LogP contribution in [0, 0.1) is 22.7 Å². The van der Waals surface area contributed by atoms with Crippen LogP contribution in [0.25, 0.3) is 55.4 Å². The molecule has 1 aliphatic carbocycles. The number of aromatic nitrogens is 2. The zero-order valence-electron chi connectivity index (χ0n) is 20.8. The molecule has 0 saturated heterocycles. The van der Waals surface area contributed by atoms with Gasteiger partial charge in [-0.1, -0.05) is 80.6 Å². The van der Waals surface area contributed by atoms with Gasteiger partial charge in [0.05, 0.1) is 0 Å². The summed E-state index contributed by atoms with van der Waals surface area (Å²) < 4.78 is 5.86. The number of nitriles is 2. The monoisotopic (exact) mass is 488 g/mol. The van der Waals surface area contributed by atoms with Crippen LogP contribution in [-0.2, 0) is 5.41 Å². The highest BCUT2D eigenvalue weighted by Crippen LogP contribution is 2.49. The van der Waals surface area contributed by atoms with Crippen LogP contribution in [0.2, 0.25) is 0 Å². The molecule has 0 fully saturated rings. The predicted octanol–water partition coefficient (Wildman–Crippen LogP) is 7.76. The van der Waals surface area contributed by atoms with Crippen molar-refractivity contribution in [3.63, 3.8) is 0 Å². The van der Waals surface area contributed by atoms with Crippen LogP contribution >= 0.6 is 0 Å². The van der Waals surface area contributed by atoms with Gasteiger partial charge in [-0.05, 0) is 62.7 Å². The lowest BCUT2D eigenvalue weighted by atomic mass is 9.81. The van der Waals surface area contributed by atoms with Crippen molar-refractivity contribution in [2.24, 2.45) is 0 Å². The quantitative estimate of drug-likeness (QED) is 0.249. The minimum atomic E-state index is -0.0490. The van der Waals surface area contributed by atoms with E-state index in [1.54, 1.807) is 0 Å². The van der Waals surface area contributed by atoms with Crippen molar-refractivity contribution >= 4 is 22.1 Å². The van der Waals surface area contributed by atoms with Crippen molar-refractivity contribution in [2.75, 3.05) is 0 Å². The summed E-state index contributed by atoms with van der Waals surface area (Å²) in [5.74, 6) is -0.0490. The first-order chi connectivity index (χ1) is 18.5. The van der Waals surface area contributed by atoms with Gasteiger partial charge in [-0.15, -0.1) is 0 Å². The Kier molecular flexibility index (Phi) is 4.55. The summed E-state index contributed by atoms with van der Waals surface area (Å²) in [6.45, 7) is 4.59. The van der Waals surface area contributed by atoms with E-state index in [2.05, 4.69) is 90.5 Å². The third kappa shape index (κ3) is 3.09. The molecule has 38 heavy (non-hydrogen) atoms. The van der Waals surface area contributed by atoms with E-state index in [0.29, 0.717) is 16.7 Å². The molecule has 0 bridgehead atoms. The van der Waals surface area contributed by atoms with Crippen molar-refractivity contribution in [3.8, 4) is 45.5 Å². The number of hydrogen-bond acceptors (Lipinski definition) is 5. The molecular weight excluding hydrogens is 468 g/mol. The van der Waals surface area contributed by atoms with Gasteiger partial charge < -0.3 is 4.42 Å². The fraction of sp³-hybridized carbons (Fsp3) is 0.0909. The van der Waals surface area contributed by atoms with Gasteiger partial charge in [0.1, 0.15) is 23.2 Å². The lowest BCUT2D eigenvalue weighted by Gasteiger charge is -2.22. The summed E-state index contributed by atoms with van der Waals surface area (Å²) >= 11 is 0. The Morgan fingerprint density at radius 3 is 2.08 bits per heavy atom. The average Bonchev–Trinajstić information content (AvgIpc) is 3.44. The molecule has 0 radical (unpaired) electrons. The summed E-state index contributed by atoms with van der Waals surface area (Å²) in [6.07, 6.45) is 0. The Morgan fingerprint density at radius 1 is 0.684 bits per heavy atom. The molecule has 178 valence electrons. The van der Waals surface area contributed by atoms with Gasteiger partial charge >= 0.3 is 0 Å². The SMILES string of the molecule is CC1(C)c2ccccc2-c2ccc(-c3ccc(-c4ccc5oc6c(C#N)nc(C#N)nc6c5c4)cc3)cc21. The molecule has 6 aromatic rings. The van der Waals surface area contributed by atoms with Crippen molar-refractivity contribution in [3.05, 3.63) is 108 Å². The van der Waals surface area contributed by atoms with Crippen molar-refractivity contribution in [1.82, 2.24) is 9.97 Å². The second kappa shape index (κ2) is 7.87. The standard InChI is InChI=1S/C33H20N4O/c1-33(2)26-6-4-3-5-23(26)24-13-11-22(16-27(24)33)20-9-7-19(8-10-20)21-12-14-29-25(15-21)31-32(38-29)28(17-34)36-30(18-35)37-31/h3-16H,1-2H3. The van der Waals surface area contributed by atoms with Crippen molar-refractivity contribution in [1.29, 1.82) is 10.5 Å². The van der Waals surface area contributed by atoms with Crippen molar-refractivity contribution < 1.29 is 4.42 Å². The summed E-state index contributed by atoms with van der Waals surface area (Å²) in [5, 5.41) is 19.5. The van der Waals surface area contributed by atoms with Crippen LogP contribution in [0.1, 0.15) is 36.5 Å². The first-order valence-corrected chi connectivity index (χ1v) is 12.4. The average molecular weight is 489 g/mol. The molecule has 2 aromatic heterocycles. The molecule has 7 rings (SSSR count). The van der Waals surface area contributed by atoms with Gasteiger partial charge in [-0.3, -0.25) is 0 Å². The second-order valence-corrected chi connectivity index (χ2v) is 10.1. The number of nitrogens with zero attached hydrogens (tertiary/aromatic N) is 4. The first kappa shape index (κ1) is 22.0. The summed E-state index contributed by atoms with van der Waals surface area (Å²) in [7, 11) is 0. The predicted molar refractivity (Wildman–Crippen MR) is 147 cm³/mol. The van der Waals surface area contributed by atoms with Crippen LogP contribution < -0.4 is 0 Å². The lowest BCUT2D eigenvalue weighted by Crippen LogP contribution is -2.14. The third-order valence-corrected chi connectivity index (χ3v) is 7.65. The highest BCUT2D eigenvalue weighted by molar-refractivity contribution is 6.05. The summed E-state index contributed by atoms with van der Waals surface area (Å²) in [4.78, 5) is 8.28. The van der Waals surface area contributed by atoms with Crippen LogP contribution in [0.4, 0.5) is 0 Å². The van der Waals surface area contributed by atoms with Crippen LogP contribution in [0.15, 0.2) is 89.3 Å². The van der Waals surface area contributed by atoms with Gasteiger partial charge in [-0.25, -0.2) is 9.97 Å². The molecule has 0 spiro atoms. The summed E-state index contributed by atoms with van der Waals surface area (Å²) in [5.41, 5.74) is 11.2. The zero-order valence-corrected chi connectivity index (χ0v) is 20.8. The van der Waals surface area contributed by atoms with Crippen LogP contribution in [0.5, 0.6) is 0 Å². The van der Waals surface area contributed by atoms with E-state index in [1.165, 1.54) is 27.8 Å². The maximum absolute atomic E-state index is 9.45. The lowest BCUT2D eigenvalue weighted by molar-refractivity contribution is 0.660. The van der Waals surface area contributed by atoms with Gasteiger partial charge in [0, 0.05) is 10.8 Å². The Hall–Kier alpha value is -5.26. The van der Waals surface area contributed by atoms with E-state index in [1.807, 2.05) is 30.3 Å². The number of benzene rings is 4. The Morgan fingerprint density at radius 2 is 1.34 bits per heavy atom. The number of furan rings is 1. The van der Waals surface area contributed by atoms with E-state index >= 15 is 0 Å². The summed E-state index contributed by atoms with van der Waals surface area (Å²) in [6, 6.07) is 33.7. The number of fused-ring (bicyclic) bond motifs is 6. The maximum Gasteiger partial charge on any atom is 0.234 e. The molecule has 1 aliphatic rings. The molecule has 5 heteroatoms. The second-order valence-electron chi connectivity index (χ2n) is 10.1. The molecule has 0 atom stereocenters. The fourth-order valence-corrected chi connectivity index (χ4v) is 5.69. The van der Waals surface area contributed by atoms with Crippen LogP contribution in [-0.4, -0.2) is 9.97 Å². The van der Waals surface area contributed by atoms with E-state index < -0.39 is 0 Å². The topological polar surface area (TPSA) is 86.5 Å². The third-order valence-electron chi connectivity index (χ3n) is 7.65. The Labute approximate surface area is 219 Å². The molecule has 4 aromatic carbocycles. The minimum absolute atomic E-state index is 0.0367. The molecule has 5 nitrogen and oxygen atoms in total. The maximum atomic E-state index is 9.45. The van der Waals surface area contributed by atoms with E-state index in [9.17, 15) is 10.5 Å². The van der Waals surface area contributed by atoms with E-state index in [4.69, 9.17) is 4.42 Å². The smallest absolute Gasteiger partial charge is 0.234 e. The molecule has 0 unspecified atom stereocenters. The van der Waals surface area contributed by atoms with Gasteiger partial charge in [0.2, 0.25) is 5.82 Å². The molecule has 0 amide bonds. The Bertz CT molecular complexity index is 2020. The van der Waals surface area contributed by atoms with Crippen LogP contribution in [0.3, 0.4) is 0 Å². The first-order valence-electron chi connectivity index (χ1n) is 12.4. The fourth-order valence-electron chi connectivity index (χ4n) is 5.69. The highest BCUT2D eigenvalue weighted by Gasteiger charge is 2.35. The van der Waals surface area contributed by atoms with Crippen molar-refractivity contribution in [2.45, 2.75) is 19.3 Å².